The summed E-state index contributed by atoms with van der Waals surface area (Å²) in [4.78, 5) is 0. The molecule has 3 nitrogen and oxygen atoms in total. The molecule has 1 saturated carbocycles. The summed E-state index contributed by atoms with van der Waals surface area (Å²) >= 11 is 0. The fourth-order valence-corrected chi connectivity index (χ4v) is 2.66. The van der Waals surface area contributed by atoms with E-state index in [1.165, 1.54) is 11.1 Å². The average Bonchev–Trinajstić information content (AvgIpc) is 3.17. The summed E-state index contributed by atoms with van der Waals surface area (Å²) in [6.07, 6.45) is 2.28. The van der Waals surface area contributed by atoms with Crippen LogP contribution in [0.2, 0.25) is 0 Å². The Morgan fingerprint density at radius 2 is 1.95 bits per heavy atom. The molecule has 0 saturated heterocycles. The molecule has 0 heterocycles. The molecule has 0 aliphatic heterocycles. The average molecular weight is 262 g/mol. The van der Waals surface area contributed by atoms with Gasteiger partial charge in [0.2, 0.25) is 0 Å². The number of hydrogen-bond donors (Lipinski definition) is 2. The van der Waals surface area contributed by atoms with Crippen LogP contribution in [0, 0.1) is 5.41 Å². The van der Waals surface area contributed by atoms with Gasteiger partial charge >= 0.3 is 0 Å². The third-order valence-electron chi connectivity index (χ3n) is 4.35. The van der Waals surface area contributed by atoms with E-state index in [2.05, 4.69) is 32.9 Å². The Labute approximate surface area is 116 Å². The van der Waals surface area contributed by atoms with Crippen molar-refractivity contribution < 1.29 is 4.74 Å². The van der Waals surface area contributed by atoms with Gasteiger partial charge in [-0.3, -0.25) is 0 Å². The van der Waals surface area contributed by atoms with E-state index in [9.17, 15) is 0 Å². The zero-order valence-electron chi connectivity index (χ0n) is 12.5. The molecule has 19 heavy (non-hydrogen) atoms. The molecule has 1 atom stereocenters. The van der Waals surface area contributed by atoms with Crippen LogP contribution in [0.3, 0.4) is 0 Å². The minimum absolute atomic E-state index is 0.0320. The van der Waals surface area contributed by atoms with E-state index in [0.29, 0.717) is 6.54 Å². The summed E-state index contributed by atoms with van der Waals surface area (Å²) in [7, 11) is 1.71. The van der Waals surface area contributed by atoms with Gasteiger partial charge in [-0.15, -0.1) is 0 Å². The molecule has 3 heteroatoms. The van der Waals surface area contributed by atoms with Gasteiger partial charge in [-0.25, -0.2) is 0 Å². The lowest BCUT2D eigenvalue weighted by Crippen LogP contribution is -2.30. The highest BCUT2D eigenvalue weighted by molar-refractivity contribution is 5.43. The Hall–Kier alpha value is -1.06. The van der Waals surface area contributed by atoms with Crippen LogP contribution in [-0.2, 0) is 5.41 Å². The summed E-state index contributed by atoms with van der Waals surface area (Å²) < 4.78 is 5.47. The van der Waals surface area contributed by atoms with E-state index in [1.54, 1.807) is 7.11 Å². The predicted octanol–water partition coefficient (Wildman–Crippen LogP) is 2.73. The molecule has 1 aromatic carbocycles. The monoisotopic (exact) mass is 262 g/mol. The van der Waals surface area contributed by atoms with E-state index < -0.39 is 0 Å². The Morgan fingerprint density at radius 1 is 1.32 bits per heavy atom. The number of ether oxygens (including phenoxy) is 1. The maximum Gasteiger partial charge on any atom is 0.122 e. The van der Waals surface area contributed by atoms with E-state index in [1.807, 2.05) is 6.07 Å². The highest BCUT2D eigenvalue weighted by Gasteiger charge is 2.47. The maximum absolute atomic E-state index is 6.43. The molecule has 0 radical (unpaired) electrons. The Morgan fingerprint density at radius 3 is 2.37 bits per heavy atom. The first kappa shape index (κ1) is 14.4. The summed E-state index contributed by atoms with van der Waals surface area (Å²) in [5, 5.41) is 0. The first-order valence-corrected chi connectivity index (χ1v) is 6.98. The lowest BCUT2D eigenvalue weighted by Gasteiger charge is -2.27. The van der Waals surface area contributed by atoms with Gasteiger partial charge in [0.05, 0.1) is 7.11 Å². The first-order valence-electron chi connectivity index (χ1n) is 6.98. The largest absolute Gasteiger partial charge is 0.496 e. The molecular weight excluding hydrogens is 236 g/mol. The van der Waals surface area contributed by atoms with Crippen LogP contribution >= 0.6 is 0 Å². The third kappa shape index (κ3) is 2.63. The van der Waals surface area contributed by atoms with Gasteiger partial charge in [-0.1, -0.05) is 26.8 Å². The molecule has 2 rings (SSSR count). The highest BCUT2D eigenvalue weighted by Crippen LogP contribution is 2.53. The van der Waals surface area contributed by atoms with Crippen LogP contribution < -0.4 is 16.2 Å². The number of rotatable bonds is 4. The predicted molar refractivity (Wildman–Crippen MR) is 79.3 cm³/mol. The van der Waals surface area contributed by atoms with Crippen molar-refractivity contribution in [1.29, 1.82) is 0 Å². The van der Waals surface area contributed by atoms with Crippen LogP contribution in [0.25, 0.3) is 0 Å². The molecule has 0 aromatic heterocycles. The minimum Gasteiger partial charge on any atom is -0.496 e. The highest BCUT2D eigenvalue weighted by atomic mass is 16.5. The van der Waals surface area contributed by atoms with Gasteiger partial charge < -0.3 is 16.2 Å². The lowest BCUT2D eigenvalue weighted by atomic mass is 9.82. The Kier molecular flexibility index (Phi) is 3.63. The van der Waals surface area contributed by atoms with Crippen LogP contribution in [0.15, 0.2) is 18.2 Å². The number of benzene rings is 1. The van der Waals surface area contributed by atoms with E-state index in [-0.39, 0.29) is 16.9 Å². The second-order valence-corrected chi connectivity index (χ2v) is 6.75. The van der Waals surface area contributed by atoms with Gasteiger partial charge in [0.15, 0.2) is 0 Å². The molecular formula is C16H26N2O. The maximum atomic E-state index is 6.43. The van der Waals surface area contributed by atoms with Gasteiger partial charge in [0.1, 0.15) is 5.75 Å². The van der Waals surface area contributed by atoms with Crippen LogP contribution in [-0.4, -0.2) is 13.7 Å². The van der Waals surface area contributed by atoms with Gasteiger partial charge in [-0.2, -0.15) is 0 Å². The standard InChI is InChI=1S/C16H26N2O/c1-15(2,3)12-9-11(5-6-13(12)19-4)14(18)16(10-17)7-8-16/h5-6,9,14H,7-8,10,17-18H2,1-4H3. The van der Waals surface area contributed by atoms with Crippen molar-refractivity contribution >= 4 is 0 Å². The quantitative estimate of drug-likeness (QED) is 0.877. The van der Waals surface area contributed by atoms with Gasteiger partial charge in [0.25, 0.3) is 0 Å². The normalized spacial score (nSPS) is 19.1. The van der Waals surface area contributed by atoms with Gasteiger partial charge in [0, 0.05) is 11.5 Å². The smallest absolute Gasteiger partial charge is 0.122 e. The zero-order valence-corrected chi connectivity index (χ0v) is 12.5. The number of nitrogens with two attached hydrogens (primary N) is 2. The van der Waals surface area contributed by atoms with E-state index in [4.69, 9.17) is 16.2 Å². The molecule has 1 aromatic rings. The molecule has 0 spiro atoms. The summed E-state index contributed by atoms with van der Waals surface area (Å²) in [6.45, 7) is 7.24. The molecule has 1 fully saturated rings. The first-order chi connectivity index (χ1) is 8.84. The Bertz CT molecular complexity index is 458. The minimum atomic E-state index is 0.0320. The van der Waals surface area contributed by atoms with E-state index >= 15 is 0 Å². The second-order valence-electron chi connectivity index (χ2n) is 6.75. The molecule has 1 unspecified atom stereocenters. The summed E-state index contributed by atoms with van der Waals surface area (Å²) in [6, 6.07) is 6.33. The fraction of sp³-hybridized carbons (Fsp3) is 0.625. The summed E-state index contributed by atoms with van der Waals surface area (Å²) in [5.41, 5.74) is 14.9. The fourth-order valence-electron chi connectivity index (χ4n) is 2.66. The van der Waals surface area contributed by atoms with Crippen molar-refractivity contribution in [3.05, 3.63) is 29.3 Å². The molecule has 1 aliphatic carbocycles. The Balaban J connectivity index is 2.38. The molecule has 4 N–H and O–H groups in total. The van der Waals surface area contributed by atoms with Crippen molar-refractivity contribution in [2.24, 2.45) is 16.9 Å². The molecule has 0 bridgehead atoms. The molecule has 1 aliphatic rings. The topological polar surface area (TPSA) is 61.3 Å². The van der Waals surface area contributed by atoms with Crippen LogP contribution in [0.1, 0.15) is 50.8 Å². The number of hydrogen-bond acceptors (Lipinski definition) is 3. The van der Waals surface area contributed by atoms with E-state index in [0.717, 1.165) is 18.6 Å². The second kappa shape index (κ2) is 4.80. The number of methoxy groups -OCH3 is 1. The van der Waals surface area contributed by atoms with Crippen LogP contribution in [0.4, 0.5) is 0 Å². The van der Waals surface area contributed by atoms with Crippen molar-refractivity contribution in [2.45, 2.75) is 45.1 Å². The summed E-state index contributed by atoms with van der Waals surface area (Å²) in [5.74, 6) is 0.932. The molecule has 106 valence electrons. The van der Waals surface area contributed by atoms with Crippen molar-refractivity contribution in [2.75, 3.05) is 13.7 Å². The van der Waals surface area contributed by atoms with Crippen LogP contribution in [0.5, 0.6) is 5.75 Å². The van der Waals surface area contributed by atoms with Crippen molar-refractivity contribution in [3.63, 3.8) is 0 Å². The van der Waals surface area contributed by atoms with Gasteiger partial charge in [-0.05, 0) is 48.1 Å². The zero-order chi connectivity index (χ0) is 14.3. The third-order valence-corrected chi connectivity index (χ3v) is 4.35. The SMILES string of the molecule is COc1ccc(C(N)C2(CN)CC2)cc1C(C)(C)C. The molecule has 0 amide bonds. The van der Waals surface area contributed by atoms with Crippen molar-refractivity contribution in [3.8, 4) is 5.75 Å². The lowest BCUT2D eigenvalue weighted by molar-refractivity contribution is 0.393. The van der Waals surface area contributed by atoms with Crippen molar-refractivity contribution in [1.82, 2.24) is 0 Å².